The lowest BCUT2D eigenvalue weighted by Gasteiger charge is -1.98. The third kappa shape index (κ3) is 5.46. The summed E-state index contributed by atoms with van der Waals surface area (Å²) < 4.78 is 33.3. The van der Waals surface area contributed by atoms with Crippen LogP contribution < -0.4 is 0 Å². The normalized spacial score (nSPS) is 13.0. The average Bonchev–Trinajstić information content (AvgIpc) is 1.59. The highest BCUT2D eigenvalue weighted by molar-refractivity contribution is 5.61. The SMILES string of the molecule is [CH2]C=NCC(F)(F)F. The Kier molecular flexibility index (Phi) is 2.51. The number of aliphatic imine (C=N–C) groups is 1. The quantitative estimate of drug-likeness (QED) is 0.469. The van der Waals surface area contributed by atoms with E-state index >= 15 is 0 Å². The molecule has 0 spiro atoms. The third-order valence-electron chi connectivity index (χ3n) is 0.400. The topological polar surface area (TPSA) is 12.4 Å². The Morgan fingerprint density at radius 3 is 2.12 bits per heavy atom. The minimum atomic E-state index is -4.19. The van der Waals surface area contributed by atoms with Crippen molar-refractivity contribution in [3.8, 4) is 0 Å². The van der Waals surface area contributed by atoms with Crippen molar-refractivity contribution in [2.45, 2.75) is 6.18 Å². The smallest absolute Gasteiger partial charge is 0.288 e. The highest BCUT2D eigenvalue weighted by Crippen LogP contribution is 2.13. The molecule has 0 amide bonds. The first-order valence-electron chi connectivity index (χ1n) is 1.90. The third-order valence-corrected chi connectivity index (χ3v) is 0.400. The van der Waals surface area contributed by atoms with Crippen LogP contribution in [0.4, 0.5) is 13.2 Å². The molecule has 0 saturated heterocycles. The molecule has 0 saturated carbocycles. The van der Waals surface area contributed by atoms with Crippen LogP contribution in [-0.4, -0.2) is 18.9 Å². The summed E-state index contributed by atoms with van der Waals surface area (Å²) in [6, 6.07) is 0. The summed E-state index contributed by atoms with van der Waals surface area (Å²) >= 11 is 0. The van der Waals surface area contributed by atoms with Crippen LogP contribution in [0.1, 0.15) is 0 Å². The summed E-state index contributed by atoms with van der Waals surface area (Å²) in [5.41, 5.74) is 0. The largest absolute Gasteiger partial charge is 0.407 e. The first kappa shape index (κ1) is 7.46. The van der Waals surface area contributed by atoms with Crippen molar-refractivity contribution in [3.05, 3.63) is 6.92 Å². The van der Waals surface area contributed by atoms with Crippen molar-refractivity contribution >= 4 is 6.21 Å². The fourth-order valence-electron chi connectivity index (χ4n) is 0.168. The number of hydrogen-bond acceptors (Lipinski definition) is 1. The van der Waals surface area contributed by atoms with Crippen molar-refractivity contribution in [2.24, 2.45) is 4.99 Å². The Hall–Kier alpha value is -0.540. The molecule has 0 rings (SSSR count). The Labute approximate surface area is 45.2 Å². The van der Waals surface area contributed by atoms with Gasteiger partial charge in [-0.15, -0.1) is 0 Å². The van der Waals surface area contributed by atoms with E-state index in [1.807, 2.05) is 0 Å². The minimum Gasteiger partial charge on any atom is -0.288 e. The molecule has 0 aliphatic carbocycles. The van der Waals surface area contributed by atoms with E-state index in [4.69, 9.17) is 0 Å². The maximum Gasteiger partial charge on any atom is 0.407 e. The van der Waals surface area contributed by atoms with Crippen LogP contribution in [0, 0.1) is 6.92 Å². The van der Waals surface area contributed by atoms with Crippen molar-refractivity contribution in [3.63, 3.8) is 0 Å². The second-order valence-electron chi connectivity index (χ2n) is 1.14. The second kappa shape index (κ2) is 2.69. The molecule has 0 aliphatic heterocycles. The van der Waals surface area contributed by atoms with Crippen molar-refractivity contribution < 1.29 is 13.2 Å². The summed E-state index contributed by atoms with van der Waals surface area (Å²) in [6.45, 7) is 1.87. The van der Waals surface area contributed by atoms with Crippen LogP contribution in [0.15, 0.2) is 4.99 Å². The van der Waals surface area contributed by atoms with Gasteiger partial charge in [-0.3, -0.25) is 4.99 Å². The van der Waals surface area contributed by atoms with Gasteiger partial charge in [0.2, 0.25) is 0 Å². The Morgan fingerprint density at radius 2 is 2.00 bits per heavy atom. The summed E-state index contributed by atoms with van der Waals surface area (Å²) in [5.74, 6) is 0. The number of nitrogens with zero attached hydrogens (tertiary/aromatic N) is 1. The van der Waals surface area contributed by atoms with Gasteiger partial charge in [0, 0.05) is 0 Å². The molecule has 0 bridgehead atoms. The van der Waals surface area contributed by atoms with Gasteiger partial charge in [-0.25, -0.2) is 0 Å². The van der Waals surface area contributed by atoms with Crippen LogP contribution in [0.3, 0.4) is 0 Å². The Balaban J connectivity index is 3.39. The summed E-state index contributed by atoms with van der Waals surface area (Å²) in [4.78, 5) is 2.88. The zero-order valence-corrected chi connectivity index (χ0v) is 4.07. The molecule has 0 fully saturated rings. The second-order valence-corrected chi connectivity index (χ2v) is 1.14. The molecule has 0 aromatic heterocycles. The fourth-order valence-corrected chi connectivity index (χ4v) is 0.168. The van der Waals surface area contributed by atoms with E-state index in [9.17, 15) is 13.2 Å². The van der Waals surface area contributed by atoms with Crippen LogP contribution in [0.5, 0.6) is 0 Å². The molecule has 0 atom stereocenters. The summed E-state index contributed by atoms with van der Waals surface area (Å²) in [6.07, 6.45) is -3.30. The lowest BCUT2D eigenvalue weighted by Crippen LogP contribution is -2.11. The molecule has 0 N–H and O–H groups in total. The maximum absolute atomic E-state index is 11.1. The number of hydrogen-bond donors (Lipinski definition) is 0. The molecular weight excluding hydrogens is 119 g/mol. The predicted octanol–water partition coefficient (Wildman–Crippen LogP) is 1.45. The van der Waals surface area contributed by atoms with Crippen molar-refractivity contribution in [1.29, 1.82) is 0 Å². The molecule has 47 valence electrons. The molecule has 0 unspecified atom stereocenters. The predicted molar refractivity (Wildman–Crippen MR) is 24.8 cm³/mol. The molecule has 0 aromatic rings. The lowest BCUT2D eigenvalue weighted by atomic mass is 10.6. The maximum atomic E-state index is 11.1. The van der Waals surface area contributed by atoms with E-state index in [2.05, 4.69) is 11.9 Å². The zero-order chi connectivity index (χ0) is 6.62. The highest BCUT2D eigenvalue weighted by atomic mass is 19.4. The number of halogens is 3. The van der Waals surface area contributed by atoms with Gasteiger partial charge < -0.3 is 0 Å². The van der Waals surface area contributed by atoms with E-state index in [1.54, 1.807) is 0 Å². The van der Waals surface area contributed by atoms with Gasteiger partial charge in [-0.2, -0.15) is 13.2 Å². The molecule has 0 aromatic carbocycles. The summed E-state index contributed by atoms with van der Waals surface area (Å²) in [7, 11) is 0. The van der Waals surface area contributed by atoms with Crippen molar-refractivity contribution in [1.82, 2.24) is 0 Å². The molecule has 8 heavy (non-hydrogen) atoms. The molecule has 0 aliphatic rings. The van der Waals surface area contributed by atoms with Gasteiger partial charge in [0.05, 0.1) is 0 Å². The van der Waals surface area contributed by atoms with Crippen LogP contribution in [-0.2, 0) is 0 Å². The van der Waals surface area contributed by atoms with Crippen LogP contribution >= 0.6 is 0 Å². The van der Waals surface area contributed by atoms with Gasteiger partial charge in [0.25, 0.3) is 0 Å². The monoisotopic (exact) mass is 124 g/mol. The fraction of sp³-hybridized carbons (Fsp3) is 0.500. The van der Waals surface area contributed by atoms with Crippen molar-refractivity contribution in [2.75, 3.05) is 6.54 Å². The minimum absolute atomic E-state index is 0.882. The molecule has 1 radical (unpaired) electrons. The lowest BCUT2D eigenvalue weighted by molar-refractivity contribution is -0.118. The van der Waals surface area contributed by atoms with E-state index < -0.39 is 12.7 Å². The van der Waals surface area contributed by atoms with Gasteiger partial charge in [0.15, 0.2) is 0 Å². The highest BCUT2D eigenvalue weighted by Gasteiger charge is 2.25. The van der Waals surface area contributed by atoms with E-state index in [-0.39, 0.29) is 0 Å². The standard InChI is InChI=1S/C4H5F3N/c1-2-8-3-4(5,6)7/h2H,1,3H2. The van der Waals surface area contributed by atoms with Gasteiger partial charge >= 0.3 is 6.18 Å². The summed E-state index contributed by atoms with van der Waals surface area (Å²) in [5, 5.41) is 0. The van der Waals surface area contributed by atoms with E-state index in [0.717, 1.165) is 6.21 Å². The number of alkyl halides is 3. The molecule has 1 nitrogen and oxygen atoms in total. The van der Waals surface area contributed by atoms with Crippen LogP contribution in [0.25, 0.3) is 0 Å². The van der Waals surface area contributed by atoms with Gasteiger partial charge in [-0.1, -0.05) is 0 Å². The van der Waals surface area contributed by atoms with E-state index in [0.29, 0.717) is 0 Å². The van der Waals surface area contributed by atoms with Gasteiger partial charge in [0.1, 0.15) is 6.54 Å². The Morgan fingerprint density at radius 1 is 1.50 bits per heavy atom. The molecule has 0 heterocycles. The first-order chi connectivity index (χ1) is 3.56. The Bertz CT molecular complexity index is 83.8. The van der Waals surface area contributed by atoms with E-state index in [1.165, 1.54) is 0 Å². The average molecular weight is 124 g/mol. The molecule has 4 heteroatoms. The zero-order valence-electron chi connectivity index (χ0n) is 4.07. The first-order valence-corrected chi connectivity index (χ1v) is 1.90. The van der Waals surface area contributed by atoms with Gasteiger partial charge in [-0.05, 0) is 13.1 Å². The van der Waals surface area contributed by atoms with Crippen LogP contribution in [0.2, 0.25) is 0 Å². The number of rotatable bonds is 1. The molecular formula is C4H5F3N.